The van der Waals surface area contributed by atoms with Crippen LogP contribution in [0, 0.1) is 0 Å². The van der Waals surface area contributed by atoms with Crippen LogP contribution in [-0.4, -0.2) is 51.8 Å². The number of carboxylic acids is 1. The van der Waals surface area contributed by atoms with E-state index in [2.05, 4.69) is 5.32 Å². The quantitative estimate of drug-likeness (QED) is 0.687. The van der Waals surface area contributed by atoms with Crippen LogP contribution in [0.2, 0.25) is 0 Å². The van der Waals surface area contributed by atoms with Crippen molar-refractivity contribution in [1.82, 2.24) is 10.2 Å². The van der Waals surface area contributed by atoms with Crippen LogP contribution in [0.25, 0.3) is 0 Å². The van der Waals surface area contributed by atoms with E-state index in [1.165, 1.54) is 4.90 Å². The van der Waals surface area contributed by atoms with Crippen molar-refractivity contribution in [3.05, 3.63) is 0 Å². The monoisotopic (exact) mass is 256 g/mol. The average Bonchev–Trinajstić information content (AvgIpc) is 3.10. The minimum absolute atomic E-state index is 0.205. The number of carbonyl (C=O) groups excluding carboxylic acids is 1. The summed E-state index contributed by atoms with van der Waals surface area (Å²) in [5, 5.41) is 21.4. The van der Waals surface area contributed by atoms with Gasteiger partial charge in [0.25, 0.3) is 0 Å². The molecule has 2 unspecified atom stereocenters. The molecule has 3 N–H and O–H groups in total. The van der Waals surface area contributed by atoms with Gasteiger partial charge in [0.05, 0.1) is 12.1 Å². The SMILES string of the molecule is CN(C(=O)NC1(C(=O)O)CC1)C1CCCCC1O. The van der Waals surface area contributed by atoms with Gasteiger partial charge in [0.1, 0.15) is 5.54 Å². The van der Waals surface area contributed by atoms with Gasteiger partial charge in [0.15, 0.2) is 0 Å². The molecule has 0 aliphatic heterocycles. The topological polar surface area (TPSA) is 89.9 Å². The van der Waals surface area contributed by atoms with Crippen molar-refractivity contribution in [2.75, 3.05) is 7.05 Å². The number of aliphatic hydroxyl groups excluding tert-OH is 1. The number of hydrogen-bond donors (Lipinski definition) is 3. The van der Waals surface area contributed by atoms with E-state index in [-0.39, 0.29) is 6.04 Å². The molecule has 0 saturated heterocycles. The molecule has 102 valence electrons. The number of aliphatic carboxylic acids is 1. The van der Waals surface area contributed by atoms with Gasteiger partial charge in [-0.15, -0.1) is 0 Å². The number of rotatable bonds is 3. The van der Waals surface area contributed by atoms with Crippen LogP contribution in [0.15, 0.2) is 0 Å². The summed E-state index contributed by atoms with van der Waals surface area (Å²) in [4.78, 5) is 24.4. The van der Waals surface area contributed by atoms with Crippen molar-refractivity contribution in [2.24, 2.45) is 0 Å². The van der Waals surface area contributed by atoms with Crippen molar-refractivity contribution in [1.29, 1.82) is 0 Å². The van der Waals surface area contributed by atoms with Crippen LogP contribution >= 0.6 is 0 Å². The molecule has 2 atom stereocenters. The van der Waals surface area contributed by atoms with Gasteiger partial charge in [-0.05, 0) is 25.7 Å². The van der Waals surface area contributed by atoms with Gasteiger partial charge in [-0.25, -0.2) is 9.59 Å². The van der Waals surface area contributed by atoms with Gasteiger partial charge in [0, 0.05) is 7.05 Å². The Morgan fingerprint density at radius 1 is 1.28 bits per heavy atom. The molecule has 0 aromatic rings. The number of nitrogens with one attached hydrogen (secondary N) is 1. The van der Waals surface area contributed by atoms with E-state index in [0.717, 1.165) is 19.3 Å². The zero-order chi connectivity index (χ0) is 13.3. The lowest BCUT2D eigenvalue weighted by molar-refractivity contribution is -0.140. The van der Waals surface area contributed by atoms with Crippen molar-refractivity contribution < 1.29 is 19.8 Å². The molecule has 2 fully saturated rings. The second-order valence-electron chi connectivity index (χ2n) is 5.35. The molecule has 0 aromatic heterocycles. The van der Waals surface area contributed by atoms with Gasteiger partial charge >= 0.3 is 12.0 Å². The maximum Gasteiger partial charge on any atom is 0.329 e. The van der Waals surface area contributed by atoms with E-state index in [4.69, 9.17) is 5.11 Å². The Bertz CT molecular complexity index is 354. The summed E-state index contributed by atoms with van der Waals surface area (Å²) in [6, 6.07) is -0.607. The van der Waals surface area contributed by atoms with Crippen LogP contribution in [0.1, 0.15) is 38.5 Å². The molecule has 6 nitrogen and oxygen atoms in total. The van der Waals surface area contributed by atoms with Gasteiger partial charge in [-0.2, -0.15) is 0 Å². The lowest BCUT2D eigenvalue weighted by Gasteiger charge is -2.35. The number of amides is 2. The lowest BCUT2D eigenvalue weighted by atomic mass is 9.92. The number of urea groups is 1. The summed E-state index contributed by atoms with van der Waals surface area (Å²) in [6.45, 7) is 0. The highest BCUT2D eigenvalue weighted by Gasteiger charge is 2.52. The molecule has 0 aromatic carbocycles. The van der Waals surface area contributed by atoms with Gasteiger partial charge in [-0.1, -0.05) is 12.8 Å². The molecule has 0 bridgehead atoms. The molecule has 0 heterocycles. The van der Waals surface area contributed by atoms with E-state index in [0.29, 0.717) is 19.3 Å². The minimum atomic E-state index is -1.06. The minimum Gasteiger partial charge on any atom is -0.480 e. The predicted molar refractivity (Wildman–Crippen MR) is 64.2 cm³/mol. The summed E-state index contributed by atoms with van der Waals surface area (Å²) in [6.07, 6.45) is 3.90. The number of carboxylic acid groups (broad SMARTS) is 1. The third kappa shape index (κ3) is 2.43. The Labute approximate surface area is 106 Å². The first-order valence-corrected chi connectivity index (χ1v) is 6.43. The zero-order valence-electron chi connectivity index (χ0n) is 10.6. The first-order chi connectivity index (χ1) is 8.46. The molecule has 2 amide bonds. The summed E-state index contributed by atoms with van der Waals surface area (Å²) in [5.41, 5.74) is -1.06. The maximum atomic E-state index is 12.0. The number of nitrogens with zero attached hydrogens (tertiary/aromatic N) is 1. The molecule has 6 heteroatoms. The Morgan fingerprint density at radius 2 is 1.89 bits per heavy atom. The third-order valence-corrected chi connectivity index (χ3v) is 4.02. The number of aliphatic hydroxyl groups is 1. The summed E-state index contributed by atoms with van der Waals surface area (Å²) < 4.78 is 0. The van der Waals surface area contributed by atoms with E-state index in [9.17, 15) is 14.7 Å². The van der Waals surface area contributed by atoms with Gasteiger partial charge in [0.2, 0.25) is 0 Å². The van der Waals surface area contributed by atoms with Gasteiger partial charge < -0.3 is 20.4 Å². The van der Waals surface area contributed by atoms with Crippen molar-refractivity contribution in [3.63, 3.8) is 0 Å². The number of carbonyl (C=O) groups is 2. The standard InChI is InChI=1S/C12H20N2O4/c1-14(8-4-2-3-5-9(8)15)11(18)13-12(6-7-12)10(16)17/h8-9,15H,2-7H2,1H3,(H,13,18)(H,16,17). The van der Waals surface area contributed by atoms with Crippen molar-refractivity contribution >= 4 is 12.0 Å². The van der Waals surface area contributed by atoms with E-state index in [1.807, 2.05) is 0 Å². The van der Waals surface area contributed by atoms with Crippen LogP contribution in [0.3, 0.4) is 0 Å². The molecule has 0 spiro atoms. The molecule has 2 rings (SSSR count). The highest BCUT2D eigenvalue weighted by atomic mass is 16.4. The zero-order valence-corrected chi connectivity index (χ0v) is 10.6. The maximum absolute atomic E-state index is 12.0. The Balaban J connectivity index is 1.94. The molecule has 2 aliphatic rings. The van der Waals surface area contributed by atoms with Crippen LogP contribution in [-0.2, 0) is 4.79 Å². The molecule has 18 heavy (non-hydrogen) atoms. The number of likely N-dealkylation sites (N-methyl/N-ethyl adjacent to an activating group) is 1. The average molecular weight is 256 g/mol. The predicted octanol–water partition coefficient (Wildman–Crippen LogP) is 0.548. The third-order valence-electron chi connectivity index (χ3n) is 4.02. The van der Waals surface area contributed by atoms with E-state index in [1.54, 1.807) is 7.05 Å². The number of hydrogen-bond acceptors (Lipinski definition) is 3. The molecule has 0 radical (unpaired) electrons. The second kappa shape index (κ2) is 4.76. The summed E-state index contributed by atoms with van der Waals surface area (Å²) >= 11 is 0. The molecule has 2 aliphatic carbocycles. The highest BCUT2D eigenvalue weighted by Crippen LogP contribution is 2.36. The lowest BCUT2D eigenvalue weighted by Crippen LogP contribution is -2.54. The molecular formula is C12H20N2O4. The Kier molecular flexibility index (Phi) is 3.47. The molecular weight excluding hydrogens is 236 g/mol. The normalized spacial score (nSPS) is 29.4. The van der Waals surface area contributed by atoms with Crippen LogP contribution in [0.5, 0.6) is 0 Å². The smallest absolute Gasteiger partial charge is 0.329 e. The fourth-order valence-electron chi connectivity index (χ4n) is 2.50. The van der Waals surface area contributed by atoms with E-state index < -0.39 is 23.6 Å². The van der Waals surface area contributed by atoms with Gasteiger partial charge in [-0.3, -0.25) is 0 Å². The second-order valence-corrected chi connectivity index (χ2v) is 5.35. The van der Waals surface area contributed by atoms with Crippen molar-refractivity contribution in [3.8, 4) is 0 Å². The highest BCUT2D eigenvalue weighted by molar-refractivity contribution is 5.89. The van der Waals surface area contributed by atoms with E-state index >= 15 is 0 Å². The fraction of sp³-hybridized carbons (Fsp3) is 0.833. The molecule has 2 saturated carbocycles. The summed E-state index contributed by atoms with van der Waals surface area (Å²) in [7, 11) is 1.62. The van der Waals surface area contributed by atoms with Crippen LogP contribution in [0.4, 0.5) is 4.79 Å². The Morgan fingerprint density at radius 3 is 2.39 bits per heavy atom. The van der Waals surface area contributed by atoms with Crippen LogP contribution < -0.4 is 5.32 Å². The largest absolute Gasteiger partial charge is 0.480 e. The first-order valence-electron chi connectivity index (χ1n) is 6.43. The Hall–Kier alpha value is -1.30. The first kappa shape index (κ1) is 13.1. The fourth-order valence-corrected chi connectivity index (χ4v) is 2.50. The summed E-state index contributed by atoms with van der Waals surface area (Å²) in [5.74, 6) is -0.978. The van der Waals surface area contributed by atoms with Crippen molar-refractivity contribution in [2.45, 2.75) is 56.2 Å².